The maximum atomic E-state index is 15.2. The third-order valence-corrected chi connectivity index (χ3v) is 8.01. The number of carbonyl (C=O) groups is 1. The number of hydrogen-bond acceptors (Lipinski definition) is 7. The minimum Gasteiger partial charge on any atom is -0.354 e. The quantitative estimate of drug-likeness (QED) is 0.358. The number of carbonyl (C=O) groups excluding carboxylic acids is 1. The largest absolute Gasteiger partial charge is 0.404 e. The number of rotatable bonds is 11. The van der Waals surface area contributed by atoms with Gasteiger partial charge in [-0.15, -0.1) is 11.3 Å². The molecule has 156 valence electrons. The van der Waals surface area contributed by atoms with Gasteiger partial charge in [-0.25, -0.2) is 0 Å². The van der Waals surface area contributed by atoms with E-state index < -0.39 is 18.8 Å². The Morgan fingerprint density at radius 3 is 2.32 bits per heavy atom. The lowest BCUT2D eigenvalue weighted by Gasteiger charge is -2.26. The zero-order valence-electron chi connectivity index (χ0n) is 15.7. The van der Waals surface area contributed by atoms with Gasteiger partial charge in [0.1, 0.15) is 0 Å². The molecule has 0 aliphatic rings. The number of halogens is 2. The Morgan fingerprint density at radius 2 is 1.79 bits per heavy atom. The Morgan fingerprint density at radius 1 is 1.18 bits per heavy atom. The molecule has 0 unspecified atom stereocenters. The highest BCUT2D eigenvalue weighted by molar-refractivity contribution is 7.98. The fourth-order valence-electron chi connectivity index (χ4n) is 2.30. The molecule has 0 bridgehead atoms. The van der Waals surface area contributed by atoms with Gasteiger partial charge in [0.05, 0.1) is 18.1 Å². The van der Waals surface area contributed by atoms with Crippen molar-refractivity contribution in [2.24, 2.45) is 0 Å². The minimum atomic E-state index is -4.74. The van der Waals surface area contributed by atoms with Crippen molar-refractivity contribution in [3.63, 3.8) is 0 Å². The first-order chi connectivity index (χ1) is 13.3. The minimum absolute atomic E-state index is 0.102. The molecule has 1 amide bonds. The molecular formula is C17H22F2NO4PS3. The Hall–Kier alpha value is -0.640. The van der Waals surface area contributed by atoms with Crippen LogP contribution in [0.3, 0.4) is 0 Å². The Labute approximate surface area is 175 Å². The normalized spacial score (nSPS) is 12.5. The van der Waals surface area contributed by atoms with Gasteiger partial charge in [-0.05, 0) is 36.1 Å². The van der Waals surface area contributed by atoms with E-state index in [-0.39, 0.29) is 19.1 Å². The molecule has 1 aromatic carbocycles. The van der Waals surface area contributed by atoms with E-state index in [1.807, 2.05) is 0 Å². The fourth-order valence-corrected chi connectivity index (χ4v) is 5.56. The van der Waals surface area contributed by atoms with Gasteiger partial charge in [-0.3, -0.25) is 9.36 Å². The number of thiophene rings is 1. The number of nitrogens with one attached hydrogen (secondary N) is 1. The van der Waals surface area contributed by atoms with Crippen LogP contribution >= 0.6 is 42.5 Å². The lowest BCUT2D eigenvalue weighted by Crippen LogP contribution is -2.19. The zero-order chi connectivity index (χ0) is 20.8. The highest BCUT2D eigenvalue weighted by Crippen LogP contribution is 2.67. The van der Waals surface area contributed by atoms with Crippen LogP contribution in [0.5, 0.6) is 0 Å². The van der Waals surface area contributed by atoms with Crippen molar-refractivity contribution in [3.8, 4) is 0 Å². The lowest BCUT2D eigenvalue weighted by atomic mass is 10.1. The zero-order valence-corrected chi connectivity index (χ0v) is 19.0. The van der Waals surface area contributed by atoms with Crippen LogP contribution in [-0.2, 0) is 19.3 Å². The molecule has 0 fully saturated rings. The van der Waals surface area contributed by atoms with Crippen molar-refractivity contribution < 1.29 is 27.2 Å². The van der Waals surface area contributed by atoms with Crippen molar-refractivity contribution in [1.29, 1.82) is 0 Å². The Kier molecular flexibility index (Phi) is 8.79. The highest BCUT2D eigenvalue weighted by atomic mass is 32.2. The SMILES string of the molecule is CNC(=O)c1cc2cc(C(F)(F)P(=O)(OCCSC)OCCSC)ccc2s1. The first-order valence-corrected chi connectivity index (χ1v) is 13.4. The van der Waals surface area contributed by atoms with Crippen molar-refractivity contribution >= 4 is 58.4 Å². The van der Waals surface area contributed by atoms with Crippen molar-refractivity contribution in [2.45, 2.75) is 5.66 Å². The van der Waals surface area contributed by atoms with Gasteiger partial charge in [-0.2, -0.15) is 32.3 Å². The molecule has 0 atom stereocenters. The summed E-state index contributed by atoms with van der Waals surface area (Å²) in [7, 11) is -3.24. The smallest absolute Gasteiger partial charge is 0.354 e. The molecule has 0 radical (unpaired) electrons. The number of amides is 1. The summed E-state index contributed by atoms with van der Waals surface area (Å²) >= 11 is 4.00. The number of hydrogen-bond donors (Lipinski definition) is 1. The molecule has 0 saturated heterocycles. The second kappa shape index (κ2) is 10.4. The summed E-state index contributed by atoms with van der Waals surface area (Å²) < 4.78 is 54.3. The van der Waals surface area contributed by atoms with Crippen LogP contribution in [0.4, 0.5) is 8.78 Å². The molecule has 0 saturated carbocycles. The van der Waals surface area contributed by atoms with E-state index in [4.69, 9.17) is 9.05 Å². The summed E-state index contributed by atoms with van der Waals surface area (Å²) in [5.74, 6) is 0.553. The molecule has 28 heavy (non-hydrogen) atoms. The molecule has 2 aromatic rings. The average molecular weight is 470 g/mol. The molecule has 1 N–H and O–H groups in total. The molecule has 1 heterocycles. The summed E-state index contributed by atoms with van der Waals surface area (Å²) in [6.07, 6.45) is 3.60. The number of thioether (sulfide) groups is 2. The van der Waals surface area contributed by atoms with Crippen LogP contribution in [0.15, 0.2) is 24.3 Å². The highest BCUT2D eigenvalue weighted by Gasteiger charge is 2.55. The van der Waals surface area contributed by atoms with Gasteiger partial charge >= 0.3 is 13.3 Å². The molecule has 2 rings (SSSR count). The van der Waals surface area contributed by atoms with Crippen LogP contribution in [0.2, 0.25) is 0 Å². The second-order valence-corrected chi connectivity index (χ2v) is 10.8. The van der Waals surface area contributed by atoms with E-state index in [1.165, 1.54) is 66.2 Å². The molecule has 0 aliphatic carbocycles. The third kappa shape index (κ3) is 5.29. The van der Waals surface area contributed by atoms with Gasteiger partial charge in [0.15, 0.2) is 0 Å². The first-order valence-electron chi connectivity index (χ1n) is 8.30. The van der Waals surface area contributed by atoms with E-state index in [9.17, 15) is 9.36 Å². The molecular weight excluding hydrogens is 447 g/mol. The number of benzene rings is 1. The van der Waals surface area contributed by atoms with Crippen LogP contribution < -0.4 is 5.32 Å². The van der Waals surface area contributed by atoms with Crippen LogP contribution in [0.1, 0.15) is 15.2 Å². The summed E-state index contributed by atoms with van der Waals surface area (Å²) in [6, 6.07) is 5.46. The number of alkyl halides is 2. The third-order valence-electron chi connectivity index (χ3n) is 3.76. The average Bonchev–Trinajstić information content (AvgIpc) is 3.11. The van der Waals surface area contributed by atoms with Gasteiger partial charge in [0, 0.05) is 28.8 Å². The fraction of sp³-hybridized carbons (Fsp3) is 0.471. The van der Waals surface area contributed by atoms with E-state index in [1.54, 1.807) is 12.5 Å². The maximum Gasteiger partial charge on any atom is 0.404 e. The monoisotopic (exact) mass is 469 g/mol. The second-order valence-electron chi connectivity index (χ2n) is 5.63. The Bertz CT molecular complexity index is 848. The van der Waals surface area contributed by atoms with Crippen molar-refractivity contribution in [1.82, 2.24) is 5.32 Å². The van der Waals surface area contributed by atoms with Crippen molar-refractivity contribution in [2.75, 3.05) is 44.3 Å². The van der Waals surface area contributed by atoms with Gasteiger partial charge in [-0.1, -0.05) is 6.07 Å². The maximum absolute atomic E-state index is 15.2. The number of fused-ring (bicyclic) bond motifs is 1. The van der Waals surface area contributed by atoms with E-state index in [0.717, 1.165) is 0 Å². The van der Waals surface area contributed by atoms with Gasteiger partial charge in [0.2, 0.25) is 0 Å². The molecule has 0 aliphatic heterocycles. The first kappa shape index (κ1) is 23.6. The summed E-state index contributed by atoms with van der Waals surface area (Å²) in [6.45, 7) is -0.205. The Balaban J connectivity index is 2.38. The van der Waals surface area contributed by atoms with Gasteiger partial charge in [0.25, 0.3) is 5.91 Å². The standard InChI is InChI=1S/C17H22F2NO4PS3/c1-20-16(21)15-11-12-10-13(4-5-14(12)28-15)17(18,19)25(22,23-6-8-26-2)24-7-9-27-3/h4-5,10-11H,6-9H2,1-3H3,(H,20,21). The van der Waals surface area contributed by atoms with E-state index >= 15 is 8.78 Å². The predicted molar refractivity (Wildman–Crippen MR) is 115 cm³/mol. The van der Waals surface area contributed by atoms with Gasteiger partial charge < -0.3 is 14.4 Å². The van der Waals surface area contributed by atoms with E-state index in [0.29, 0.717) is 26.5 Å². The molecule has 1 aromatic heterocycles. The lowest BCUT2D eigenvalue weighted by molar-refractivity contribution is 0.0367. The molecule has 0 spiro atoms. The van der Waals surface area contributed by atoms with Crippen molar-refractivity contribution in [3.05, 3.63) is 34.7 Å². The summed E-state index contributed by atoms with van der Waals surface area (Å²) in [5, 5.41) is 2.98. The van der Waals surface area contributed by atoms with E-state index in [2.05, 4.69) is 5.32 Å². The molecule has 5 nitrogen and oxygen atoms in total. The summed E-state index contributed by atoms with van der Waals surface area (Å²) in [5.41, 5.74) is -4.27. The molecule has 11 heteroatoms. The van der Waals surface area contributed by atoms with Crippen LogP contribution in [0, 0.1) is 0 Å². The summed E-state index contributed by atoms with van der Waals surface area (Å²) in [4.78, 5) is 12.2. The predicted octanol–water partition coefficient (Wildman–Crippen LogP) is 5.26. The van der Waals surface area contributed by atoms with Crippen LogP contribution in [0.25, 0.3) is 10.1 Å². The van der Waals surface area contributed by atoms with Crippen LogP contribution in [-0.4, -0.2) is 50.2 Å². The topological polar surface area (TPSA) is 64.6 Å².